The van der Waals surface area contributed by atoms with E-state index in [2.05, 4.69) is 0 Å². The van der Waals surface area contributed by atoms with Crippen molar-refractivity contribution in [2.24, 2.45) is 13.0 Å². The van der Waals surface area contributed by atoms with Gasteiger partial charge in [-0.3, -0.25) is 0 Å². The first-order valence-corrected chi connectivity index (χ1v) is 10.3. The van der Waals surface area contributed by atoms with E-state index in [0.717, 1.165) is 33.0 Å². The highest BCUT2D eigenvalue weighted by Gasteiger charge is 2.23. The van der Waals surface area contributed by atoms with Gasteiger partial charge in [-0.1, -0.05) is 44.2 Å². The van der Waals surface area contributed by atoms with Crippen LogP contribution in [0.5, 0.6) is 0 Å². The van der Waals surface area contributed by atoms with Gasteiger partial charge in [-0.25, -0.2) is 4.57 Å². The first-order chi connectivity index (χ1) is 16.4. The minimum atomic E-state index is -2.32. The van der Waals surface area contributed by atoms with Gasteiger partial charge in [0.25, 0.3) is 0 Å². The molecule has 2 heterocycles. The number of nitrogens with zero attached hydrogens (tertiary/aromatic N) is 1. The Labute approximate surface area is 184 Å². The third-order valence-electron chi connectivity index (χ3n) is 5.67. The molecule has 5 rings (SSSR count). The van der Waals surface area contributed by atoms with Gasteiger partial charge in [0.1, 0.15) is 18.2 Å². The lowest BCUT2D eigenvalue weighted by molar-refractivity contribution is -0.660. The second-order valence-corrected chi connectivity index (χ2v) is 8.33. The summed E-state index contributed by atoms with van der Waals surface area (Å²) in [6.07, 6.45) is 0.338. The van der Waals surface area contributed by atoms with Crippen LogP contribution in [0.4, 0.5) is 0 Å². The maximum atomic E-state index is 8.61. The third-order valence-corrected chi connectivity index (χ3v) is 5.67. The van der Waals surface area contributed by atoms with Crippen LogP contribution >= 0.6 is 0 Å². The molecular weight excluding hydrogens is 366 g/mol. The lowest BCUT2D eigenvalue weighted by Crippen LogP contribution is -2.31. The van der Waals surface area contributed by atoms with E-state index in [4.69, 9.17) is 11.3 Å². The van der Waals surface area contributed by atoms with Gasteiger partial charge in [-0.15, -0.1) is 0 Å². The molecule has 3 aromatic carbocycles. The van der Waals surface area contributed by atoms with Gasteiger partial charge >= 0.3 is 0 Å². The van der Waals surface area contributed by atoms with E-state index in [1.54, 1.807) is 12.1 Å². The number of fused-ring (bicyclic) bond motifs is 4. The van der Waals surface area contributed by atoms with E-state index < -0.39 is 13.2 Å². The highest BCUT2D eigenvalue weighted by atomic mass is 16.3. The summed E-state index contributed by atoms with van der Waals surface area (Å²) in [5.74, 6) is -0.208. The molecule has 0 saturated carbocycles. The van der Waals surface area contributed by atoms with E-state index in [1.165, 1.54) is 0 Å². The molecular formula is C28H28NO+. The summed E-state index contributed by atoms with van der Waals surface area (Å²) >= 11 is 0. The van der Waals surface area contributed by atoms with Crippen molar-refractivity contribution >= 4 is 32.7 Å². The smallest absolute Gasteiger partial charge is 0.216 e. The largest absolute Gasteiger partial charge is 0.455 e. The van der Waals surface area contributed by atoms with Crippen molar-refractivity contribution in [3.05, 3.63) is 77.5 Å². The monoisotopic (exact) mass is 399 g/mol. The van der Waals surface area contributed by atoms with E-state index in [-0.39, 0.29) is 11.5 Å². The molecule has 5 aromatic rings. The van der Waals surface area contributed by atoms with Crippen molar-refractivity contribution in [3.63, 3.8) is 0 Å². The second-order valence-electron chi connectivity index (χ2n) is 8.33. The van der Waals surface area contributed by atoms with Crippen LogP contribution < -0.4 is 4.57 Å². The van der Waals surface area contributed by atoms with Crippen LogP contribution in [-0.4, -0.2) is 0 Å². The van der Waals surface area contributed by atoms with E-state index >= 15 is 0 Å². The Bertz CT molecular complexity index is 1610. The summed E-state index contributed by atoms with van der Waals surface area (Å²) in [5.41, 5.74) is 4.30. The Kier molecular flexibility index (Phi) is 3.25. The Morgan fingerprint density at radius 3 is 2.53 bits per heavy atom. The molecule has 0 amide bonds. The summed E-state index contributed by atoms with van der Waals surface area (Å²) in [6.45, 7) is 3.30. The molecule has 150 valence electrons. The van der Waals surface area contributed by atoms with Gasteiger partial charge in [0, 0.05) is 29.8 Å². The van der Waals surface area contributed by atoms with Crippen molar-refractivity contribution in [1.29, 1.82) is 0 Å². The Balaban J connectivity index is 1.92. The molecule has 0 spiro atoms. The van der Waals surface area contributed by atoms with E-state index in [1.807, 2.05) is 81.0 Å². The molecule has 2 nitrogen and oxygen atoms in total. The molecule has 2 heteroatoms. The van der Waals surface area contributed by atoms with Crippen LogP contribution in [0.2, 0.25) is 0 Å². The summed E-state index contributed by atoms with van der Waals surface area (Å²) in [4.78, 5) is 0. The van der Waals surface area contributed by atoms with Crippen molar-refractivity contribution in [1.82, 2.24) is 0 Å². The molecule has 0 fully saturated rings. The van der Waals surface area contributed by atoms with Crippen molar-refractivity contribution in [2.45, 2.75) is 34.0 Å². The van der Waals surface area contributed by atoms with Crippen LogP contribution in [-0.2, 0) is 13.4 Å². The SMILES string of the molecule is [2H]C([2H])([2H])c1cc(C)c(-c2cc(C([2H])([2H])C(C)C)cc[n+]2C)c2oc3cc4ccccc4cc3c12. The Hall–Kier alpha value is -3.13. The predicted molar refractivity (Wildman–Crippen MR) is 126 cm³/mol. The quantitative estimate of drug-likeness (QED) is 0.297. The topological polar surface area (TPSA) is 17.0 Å². The highest BCUT2D eigenvalue weighted by Crippen LogP contribution is 2.40. The van der Waals surface area contributed by atoms with Gasteiger partial charge < -0.3 is 4.42 Å². The average molecular weight is 400 g/mol. The first kappa shape index (κ1) is 14.0. The van der Waals surface area contributed by atoms with Crippen molar-refractivity contribution in [3.8, 4) is 11.3 Å². The number of pyridine rings is 1. The molecule has 0 atom stereocenters. The van der Waals surface area contributed by atoms with Crippen LogP contribution in [0.3, 0.4) is 0 Å². The minimum absolute atomic E-state index is 0.208. The summed E-state index contributed by atoms with van der Waals surface area (Å²) in [6, 6.07) is 17.3. The minimum Gasteiger partial charge on any atom is -0.455 e. The van der Waals surface area contributed by atoms with E-state index in [9.17, 15) is 0 Å². The predicted octanol–water partition coefficient (Wildman–Crippen LogP) is 7.05. The lowest BCUT2D eigenvalue weighted by atomic mass is 9.94. The summed E-state index contributed by atoms with van der Waals surface area (Å²) in [7, 11) is 1.91. The number of furan rings is 1. The third kappa shape index (κ3) is 2.99. The Morgan fingerprint density at radius 1 is 1.03 bits per heavy atom. The van der Waals surface area contributed by atoms with Gasteiger partial charge in [-0.05, 0) is 65.7 Å². The molecule has 30 heavy (non-hydrogen) atoms. The second kappa shape index (κ2) is 6.98. The molecule has 0 bridgehead atoms. The van der Waals surface area contributed by atoms with Crippen LogP contribution in [0.15, 0.2) is 65.2 Å². The standard InChI is InChI=1S/C28H28NO/c1-17(2)12-20-10-11-29(5)24(14-20)27-19(4)13-18(3)26-23-15-21-8-6-7-9-22(21)16-25(23)30-28(26)27/h6-11,13-17H,12H2,1-5H3/q+1/i3D3,12D2. The molecule has 2 aromatic heterocycles. The normalized spacial score (nSPS) is 15.3. The van der Waals surface area contributed by atoms with Crippen LogP contribution in [0.25, 0.3) is 44.0 Å². The molecule has 0 radical (unpaired) electrons. The van der Waals surface area contributed by atoms with Crippen molar-refractivity contribution < 1.29 is 15.8 Å². The molecule has 0 saturated heterocycles. The number of benzene rings is 3. The molecule has 0 aliphatic rings. The van der Waals surface area contributed by atoms with Gasteiger partial charge in [0.15, 0.2) is 6.20 Å². The maximum absolute atomic E-state index is 8.61. The Morgan fingerprint density at radius 2 is 1.80 bits per heavy atom. The molecule has 0 aliphatic heterocycles. The average Bonchev–Trinajstić information content (AvgIpc) is 3.14. The first-order valence-electron chi connectivity index (χ1n) is 12.8. The van der Waals surface area contributed by atoms with Gasteiger partial charge in [-0.2, -0.15) is 0 Å². The fourth-order valence-corrected chi connectivity index (χ4v) is 4.33. The number of rotatable bonds is 3. The van der Waals surface area contributed by atoms with Gasteiger partial charge in [0.2, 0.25) is 5.69 Å². The highest BCUT2D eigenvalue weighted by molar-refractivity contribution is 6.14. The summed E-state index contributed by atoms with van der Waals surface area (Å²) < 4.78 is 50.3. The fraction of sp³-hybridized carbons (Fsp3) is 0.250. The lowest BCUT2D eigenvalue weighted by Gasteiger charge is -2.10. The number of aromatic nitrogens is 1. The van der Waals surface area contributed by atoms with Crippen molar-refractivity contribution in [2.75, 3.05) is 0 Å². The summed E-state index contributed by atoms with van der Waals surface area (Å²) in [5, 5.41) is 3.38. The molecule has 0 aliphatic carbocycles. The molecule has 0 N–H and O–H groups in total. The molecule has 0 unspecified atom stereocenters. The number of hydrogen-bond acceptors (Lipinski definition) is 1. The maximum Gasteiger partial charge on any atom is 0.216 e. The zero-order valence-electron chi connectivity index (χ0n) is 22.7. The van der Waals surface area contributed by atoms with Crippen LogP contribution in [0, 0.1) is 19.7 Å². The zero-order chi connectivity index (χ0) is 25.3. The fourth-order valence-electron chi connectivity index (χ4n) is 4.33. The van der Waals surface area contributed by atoms with Crippen LogP contribution in [0.1, 0.15) is 37.4 Å². The zero-order valence-corrected chi connectivity index (χ0v) is 17.7. The van der Waals surface area contributed by atoms with E-state index in [0.29, 0.717) is 22.1 Å². The number of hydrogen-bond donors (Lipinski definition) is 0. The number of aryl methyl sites for hydroxylation is 3. The van der Waals surface area contributed by atoms with Gasteiger partial charge in [0.05, 0.1) is 5.56 Å².